The minimum atomic E-state index is -0.631. The average Bonchev–Trinajstić information content (AvgIpc) is 1.67. The quantitative estimate of drug-likeness (QED) is 0.148. The predicted molar refractivity (Wildman–Crippen MR) is 325 cm³/mol. The molecule has 0 saturated heterocycles. The molecule has 0 radical (unpaired) electrons. The number of para-hydroxylation sites is 4. The molecule has 12 aromatic carbocycles. The normalized spacial score (nSPS) is 15.5. The minimum absolute atomic E-state index is 0.0617. The molecule has 14 aromatic rings. The first-order valence-electron chi connectivity index (χ1n) is 33.3. The third kappa shape index (κ3) is 6.74. The maximum absolute atomic E-state index is 9.72. The lowest BCUT2D eigenvalue weighted by Gasteiger charge is -2.44. The van der Waals surface area contributed by atoms with Crippen molar-refractivity contribution >= 4 is 101 Å². The summed E-state index contributed by atoms with van der Waals surface area (Å²) >= 11 is 0. The first-order valence-corrected chi connectivity index (χ1v) is 25.3. The fourth-order valence-electron chi connectivity index (χ4n) is 11.8. The second-order valence-corrected chi connectivity index (χ2v) is 19.3. The Balaban J connectivity index is 1.08. The largest absolute Gasteiger partial charge is 0.311 e. The van der Waals surface area contributed by atoms with E-state index in [4.69, 9.17) is 11.0 Å². The van der Waals surface area contributed by atoms with E-state index in [0.29, 0.717) is 28.4 Å². The predicted octanol–water partition coefficient (Wildman–Crippen LogP) is 17.0. The molecule has 2 aliphatic rings. The fourth-order valence-corrected chi connectivity index (χ4v) is 11.8. The molecule has 0 N–H and O–H groups in total. The highest BCUT2D eigenvalue weighted by Crippen LogP contribution is 2.48. The number of fused-ring (bicyclic) bond motifs is 10. The van der Waals surface area contributed by atoms with E-state index >= 15 is 0 Å². The number of hydrogen-bond donors (Lipinski definition) is 0. The molecule has 0 spiro atoms. The van der Waals surface area contributed by atoms with E-state index in [2.05, 4.69) is 35.2 Å². The molecular weight excluding hydrogens is 932 g/mol. The SMILES string of the molecule is [2H]c1c([2H])c([2H])c2c(c1[2H])c1c([2H])c([2H])c([2H])c([2H])c1n2-c1ccc2c(c1)N(c1ccc(-c3ccccc3)cc1)c1cc(-n3c4c([2H])c([2H])c([2H])c([2H])c4c4c([2H])c([2H])c([2H])c([2H])c43)cc3c1B2c1ccc(-c2ccccc2)cc1N3c1ccc(-c2ccccc2)cc1. The number of aromatic nitrogens is 2. The lowest BCUT2D eigenvalue weighted by Crippen LogP contribution is -2.61. The van der Waals surface area contributed by atoms with E-state index < -0.39 is 103 Å². The highest BCUT2D eigenvalue weighted by molar-refractivity contribution is 7.00. The molecule has 4 heterocycles. The number of hydrogen-bond acceptors (Lipinski definition) is 2. The highest BCUT2D eigenvalue weighted by atomic mass is 15.2. The zero-order valence-corrected chi connectivity index (χ0v) is 40.8. The first-order chi connectivity index (χ1) is 44.9. The Morgan fingerprint density at radius 3 is 1.04 bits per heavy atom. The molecule has 0 saturated carbocycles. The molecule has 0 bridgehead atoms. The van der Waals surface area contributed by atoms with Crippen molar-refractivity contribution in [1.29, 1.82) is 0 Å². The van der Waals surface area contributed by atoms with Gasteiger partial charge in [-0.05, 0) is 129 Å². The number of rotatable bonds is 7. The number of anilines is 6. The van der Waals surface area contributed by atoms with Crippen molar-refractivity contribution in [2.45, 2.75) is 0 Å². The highest BCUT2D eigenvalue weighted by Gasteiger charge is 2.44. The van der Waals surface area contributed by atoms with Gasteiger partial charge in [-0.3, -0.25) is 0 Å². The second-order valence-electron chi connectivity index (χ2n) is 19.3. The summed E-state index contributed by atoms with van der Waals surface area (Å²) in [6, 6.07) is 53.4. The van der Waals surface area contributed by atoms with Gasteiger partial charge < -0.3 is 18.9 Å². The Hall–Kier alpha value is -10.1. The molecule has 0 fully saturated rings. The van der Waals surface area contributed by atoms with Crippen molar-refractivity contribution in [3.63, 3.8) is 0 Å². The van der Waals surface area contributed by atoms with Gasteiger partial charge in [-0.15, -0.1) is 0 Å². The molecule has 77 heavy (non-hydrogen) atoms. The van der Waals surface area contributed by atoms with E-state index in [1.54, 1.807) is 6.07 Å². The zero-order chi connectivity index (χ0) is 64.5. The second kappa shape index (κ2) is 17.2. The van der Waals surface area contributed by atoms with Crippen LogP contribution in [-0.2, 0) is 0 Å². The Kier molecular flexibility index (Phi) is 6.79. The van der Waals surface area contributed by atoms with Gasteiger partial charge in [0.15, 0.2) is 0 Å². The van der Waals surface area contributed by atoms with Crippen LogP contribution in [0.3, 0.4) is 0 Å². The van der Waals surface area contributed by atoms with Crippen LogP contribution in [0.4, 0.5) is 34.1 Å². The van der Waals surface area contributed by atoms with Crippen molar-refractivity contribution in [3.8, 4) is 44.8 Å². The summed E-state index contributed by atoms with van der Waals surface area (Å²) in [5.41, 5.74) is 12.2. The third-order valence-corrected chi connectivity index (χ3v) is 15.2. The summed E-state index contributed by atoms with van der Waals surface area (Å²) in [5, 5.41) is -0.348. The lowest BCUT2D eigenvalue weighted by molar-refractivity contribution is 1.15. The van der Waals surface area contributed by atoms with Crippen molar-refractivity contribution in [2.75, 3.05) is 9.80 Å². The van der Waals surface area contributed by atoms with Gasteiger partial charge in [0.25, 0.3) is 6.71 Å². The van der Waals surface area contributed by atoms with E-state index in [-0.39, 0.29) is 49.3 Å². The summed E-state index contributed by atoms with van der Waals surface area (Å²) in [5.74, 6) is 0. The molecular formula is C72H47BN4. The number of nitrogens with zero attached hydrogens (tertiary/aromatic N) is 4. The molecule has 0 amide bonds. The van der Waals surface area contributed by atoms with Gasteiger partial charge >= 0.3 is 0 Å². The van der Waals surface area contributed by atoms with E-state index in [9.17, 15) is 11.0 Å². The molecule has 5 heteroatoms. The minimum Gasteiger partial charge on any atom is -0.311 e. The monoisotopic (exact) mass is 994 g/mol. The van der Waals surface area contributed by atoms with Crippen LogP contribution in [-0.4, -0.2) is 15.8 Å². The van der Waals surface area contributed by atoms with Crippen molar-refractivity contribution in [2.24, 2.45) is 0 Å². The zero-order valence-electron chi connectivity index (χ0n) is 56.8. The molecule has 2 aromatic heterocycles. The Morgan fingerprint density at radius 1 is 0.273 bits per heavy atom. The summed E-state index contributed by atoms with van der Waals surface area (Å²) in [4.78, 5) is 4.21. The first kappa shape index (κ1) is 30.3. The number of benzene rings is 12. The van der Waals surface area contributed by atoms with Crippen molar-refractivity contribution < 1.29 is 21.9 Å². The summed E-state index contributed by atoms with van der Waals surface area (Å²) in [7, 11) is 0. The van der Waals surface area contributed by atoms with Gasteiger partial charge in [-0.1, -0.05) is 206 Å². The van der Waals surface area contributed by atoms with Crippen LogP contribution in [0.15, 0.2) is 285 Å². The average molecular weight is 995 g/mol. The standard InChI is InChI=1S/C72H47BN4/c1-4-18-48(19-5-1)51-32-37-54(38-33-51)74-68-44-53(50-22-8-3-9-23-50)36-42-62(68)73-63-43-41-56(76-64-28-14-10-24-58(64)59-25-11-15-29-65(59)76)45-69(63)75(55-39-34-52(35-40-55)49-20-6-2-7-21-49)71-47-57(46-70(74)72(71)73)77-66-30-16-12-26-60(66)61-27-13-17-31-67(61)77/h1-47H/i10D,11D,12D,13D,14D,15D,16D,17D,24D,25D,26D,27D,28D,29D,30D,31D. The van der Waals surface area contributed by atoms with Crippen LogP contribution in [0, 0.1) is 0 Å². The fraction of sp³-hybridized carbons (Fsp3) is 0. The van der Waals surface area contributed by atoms with Crippen LogP contribution >= 0.6 is 0 Å². The molecule has 4 nitrogen and oxygen atoms in total. The molecule has 0 unspecified atom stereocenters. The van der Waals surface area contributed by atoms with E-state index in [1.165, 1.54) is 9.13 Å². The molecule has 2 aliphatic heterocycles. The van der Waals surface area contributed by atoms with Gasteiger partial charge in [0, 0.05) is 61.4 Å². The molecule has 0 atom stereocenters. The van der Waals surface area contributed by atoms with Gasteiger partial charge in [0.1, 0.15) is 0 Å². The van der Waals surface area contributed by atoms with E-state index in [1.807, 2.05) is 157 Å². The lowest BCUT2D eigenvalue weighted by atomic mass is 9.33. The molecule has 358 valence electrons. The van der Waals surface area contributed by atoms with Crippen LogP contribution in [0.1, 0.15) is 21.9 Å². The summed E-state index contributed by atoms with van der Waals surface area (Å²) < 4.78 is 151. The van der Waals surface area contributed by atoms with Crippen molar-refractivity contribution in [1.82, 2.24) is 9.13 Å². The van der Waals surface area contributed by atoms with Gasteiger partial charge in [-0.25, -0.2) is 0 Å². The van der Waals surface area contributed by atoms with Crippen LogP contribution < -0.4 is 26.2 Å². The topological polar surface area (TPSA) is 16.3 Å². The smallest absolute Gasteiger partial charge is 0.252 e. The Labute approximate surface area is 469 Å². The van der Waals surface area contributed by atoms with Crippen LogP contribution in [0.25, 0.3) is 88.4 Å². The maximum atomic E-state index is 9.72. The summed E-state index contributed by atoms with van der Waals surface area (Å²) in [6.07, 6.45) is 0. The Bertz CT molecular complexity index is 5440. The van der Waals surface area contributed by atoms with E-state index in [0.717, 1.165) is 61.1 Å². The van der Waals surface area contributed by atoms with Gasteiger partial charge in [0.05, 0.1) is 49.7 Å². The van der Waals surface area contributed by atoms with Crippen LogP contribution in [0.5, 0.6) is 0 Å². The van der Waals surface area contributed by atoms with Crippen LogP contribution in [0.2, 0.25) is 0 Å². The van der Waals surface area contributed by atoms with Crippen molar-refractivity contribution in [3.05, 3.63) is 285 Å². The van der Waals surface area contributed by atoms with Gasteiger partial charge in [-0.2, -0.15) is 0 Å². The van der Waals surface area contributed by atoms with Gasteiger partial charge in [0.2, 0.25) is 0 Å². The summed E-state index contributed by atoms with van der Waals surface area (Å²) in [6.45, 7) is -0.631. The Morgan fingerprint density at radius 2 is 0.597 bits per heavy atom. The molecule has 0 aliphatic carbocycles. The maximum Gasteiger partial charge on any atom is 0.252 e. The molecule has 16 rings (SSSR count). The third-order valence-electron chi connectivity index (χ3n) is 15.2.